The van der Waals surface area contributed by atoms with E-state index in [1.807, 2.05) is 18.7 Å². The monoisotopic (exact) mass is 272 g/mol. The maximum atomic E-state index is 13.8. The normalized spacial score (nSPS) is 12.9. The maximum absolute atomic E-state index is 13.8. The van der Waals surface area contributed by atoms with Gasteiger partial charge in [0.15, 0.2) is 0 Å². The van der Waals surface area contributed by atoms with Crippen molar-refractivity contribution in [3.63, 3.8) is 0 Å². The average Bonchev–Trinajstić information content (AvgIpc) is 2.40. The van der Waals surface area contributed by atoms with Crippen LogP contribution in [-0.4, -0.2) is 37.7 Å². The Morgan fingerprint density at radius 2 is 1.89 bits per heavy atom. The molecule has 0 aliphatic rings. The zero-order chi connectivity index (χ0) is 14.3. The summed E-state index contributed by atoms with van der Waals surface area (Å²) < 4.78 is 32.9. The summed E-state index contributed by atoms with van der Waals surface area (Å²) in [6, 6.07) is 3.42. The lowest BCUT2D eigenvalue weighted by Crippen LogP contribution is -2.37. The van der Waals surface area contributed by atoms with Crippen molar-refractivity contribution in [1.29, 1.82) is 0 Å². The molecule has 0 fully saturated rings. The first-order valence-corrected chi connectivity index (χ1v) is 6.61. The summed E-state index contributed by atoms with van der Waals surface area (Å²) in [6.07, 6.45) is 0. The highest BCUT2D eigenvalue weighted by molar-refractivity contribution is 5.23. The van der Waals surface area contributed by atoms with Gasteiger partial charge in [-0.1, -0.05) is 13.0 Å². The standard InChI is InChI=1S/C14H22F2N2O/c1-3-18(8-9-19-4-2)13(10-17)14-11(15)6-5-7-12(14)16/h5-7,13H,3-4,8-10,17H2,1-2H3. The predicted octanol–water partition coefficient (Wildman–Crippen LogP) is 2.32. The Morgan fingerprint density at radius 3 is 2.37 bits per heavy atom. The molecule has 0 amide bonds. The van der Waals surface area contributed by atoms with Gasteiger partial charge in [-0.3, -0.25) is 4.90 Å². The van der Waals surface area contributed by atoms with Crippen LogP contribution in [0.5, 0.6) is 0 Å². The highest BCUT2D eigenvalue weighted by atomic mass is 19.1. The number of rotatable bonds is 8. The van der Waals surface area contributed by atoms with E-state index in [2.05, 4.69) is 0 Å². The molecule has 1 aromatic rings. The Balaban J connectivity index is 2.90. The van der Waals surface area contributed by atoms with Crippen molar-refractivity contribution in [1.82, 2.24) is 4.90 Å². The van der Waals surface area contributed by atoms with E-state index in [4.69, 9.17) is 10.5 Å². The highest BCUT2D eigenvalue weighted by Gasteiger charge is 2.23. The van der Waals surface area contributed by atoms with E-state index >= 15 is 0 Å². The quantitative estimate of drug-likeness (QED) is 0.738. The molecular weight excluding hydrogens is 250 g/mol. The molecule has 0 aliphatic heterocycles. The van der Waals surface area contributed by atoms with Crippen molar-refractivity contribution in [3.05, 3.63) is 35.4 Å². The van der Waals surface area contributed by atoms with Gasteiger partial charge in [-0.15, -0.1) is 0 Å². The van der Waals surface area contributed by atoms with Gasteiger partial charge in [-0.05, 0) is 25.6 Å². The molecule has 0 saturated carbocycles. The molecule has 19 heavy (non-hydrogen) atoms. The van der Waals surface area contributed by atoms with E-state index in [0.717, 1.165) is 0 Å². The average molecular weight is 272 g/mol. The van der Waals surface area contributed by atoms with E-state index in [1.165, 1.54) is 18.2 Å². The van der Waals surface area contributed by atoms with Crippen molar-refractivity contribution in [3.8, 4) is 0 Å². The maximum Gasteiger partial charge on any atom is 0.130 e. The number of likely N-dealkylation sites (N-methyl/N-ethyl adjacent to an activating group) is 1. The van der Waals surface area contributed by atoms with Crippen LogP contribution in [0.25, 0.3) is 0 Å². The van der Waals surface area contributed by atoms with E-state index in [0.29, 0.717) is 26.3 Å². The van der Waals surface area contributed by atoms with E-state index < -0.39 is 17.7 Å². The molecule has 2 N–H and O–H groups in total. The van der Waals surface area contributed by atoms with Crippen LogP contribution < -0.4 is 5.73 Å². The van der Waals surface area contributed by atoms with Gasteiger partial charge in [0, 0.05) is 25.3 Å². The molecule has 3 nitrogen and oxygen atoms in total. The Morgan fingerprint density at radius 1 is 1.26 bits per heavy atom. The molecule has 108 valence electrons. The van der Waals surface area contributed by atoms with Gasteiger partial charge in [0.05, 0.1) is 12.6 Å². The van der Waals surface area contributed by atoms with E-state index in [-0.39, 0.29) is 12.1 Å². The van der Waals surface area contributed by atoms with Crippen LogP contribution in [0.2, 0.25) is 0 Å². The van der Waals surface area contributed by atoms with Crippen LogP contribution in [0, 0.1) is 11.6 Å². The minimum atomic E-state index is -0.551. The summed E-state index contributed by atoms with van der Waals surface area (Å²) in [7, 11) is 0. The number of halogens is 2. The number of benzene rings is 1. The molecule has 0 aliphatic carbocycles. The zero-order valence-corrected chi connectivity index (χ0v) is 11.5. The van der Waals surface area contributed by atoms with Crippen molar-refractivity contribution in [2.24, 2.45) is 5.73 Å². The Labute approximate surface area is 113 Å². The molecule has 0 aromatic heterocycles. The van der Waals surface area contributed by atoms with Gasteiger partial charge in [0.2, 0.25) is 0 Å². The SMILES string of the molecule is CCOCCN(CC)C(CN)c1c(F)cccc1F. The van der Waals surface area contributed by atoms with Crippen LogP contribution in [0.4, 0.5) is 8.78 Å². The fraction of sp³-hybridized carbons (Fsp3) is 0.571. The topological polar surface area (TPSA) is 38.5 Å². The van der Waals surface area contributed by atoms with Crippen LogP contribution >= 0.6 is 0 Å². The van der Waals surface area contributed by atoms with Crippen molar-refractivity contribution in [2.75, 3.05) is 32.8 Å². The summed E-state index contributed by atoms with van der Waals surface area (Å²) in [5.74, 6) is -1.10. The summed E-state index contributed by atoms with van der Waals surface area (Å²) in [6.45, 7) is 6.41. The third-order valence-electron chi connectivity index (χ3n) is 3.13. The molecule has 1 unspecified atom stereocenters. The summed E-state index contributed by atoms with van der Waals surface area (Å²) in [5.41, 5.74) is 5.75. The first-order chi connectivity index (χ1) is 9.15. The lowest BCUT2D eigenvalue weighted by atomic mass is 10.0. The second-order valence-electron chi connectivity index (χ2n) is 4.21. The van der Waals surface area contributed by atoms with Gasteiger partial charge >= 0.3 is 0 Å². The van der Waals surface area contributed by atoms with Gasteiger partial charge in [-0.2, -0.15) is 0 Å². The molecule has 0 radical (unpaired) electrons. The lowest BCUT2D eigenvalue weighted by molar-refractivity contribution is 0.0963. The fourth-order valence-electron chi connectivity index (χ4n) is 2.14. The van der Waals surface area contributed by atoms with Crippen LogP contribution in [0.15, 0.2) is 18.2 Å². The van der Waals surface area contributed by atoms with Gasteiger partial charge in [-0.25, -0.2) is 8.78 Å². The minimum Gasteiger partial charge on any atom is -0.380 e. The van der Waals surface area contributed by atoms with Crippen molar-refractivity contribution < 1.29 is 13.5 Å². The second-order valence-corrected chi connectivity index (χ2v) is 4.21. The van der Waals surface area contributed by atoms with Crippen LogP contribution in [0.3, 0.4) is 0 Å². The zero-order valence-electron chi connectivity index (χ0n) is 11.5. The summed E-state index contributed by atoms with van der Waals surface area (Å²) in [4.78, 5) is 1.93. The number of hydrogen-bond donors (Lipinski definition) is 1. The van der Waals surface area contributed by atoms with Crippen molar-refractivity contribution >= 4 is 0 Å². The molecule has 0 heterocycles. The number of ether oxygens (including phenoxy) is 1. The van der Waals surface area contributed by atoms with Gasteiger partial charge in [0.25, 0.3) is 0 Å². The fourth-order valence-corrected chi connectivity index (χ4v) is 2.14. The molecule has 0 spiro atoms. The Hall–Kier alpha value is -1.04. The number of nitrogens with two attached hydrogens (primary N) is 1. The first-order valence-electron chi connectivity index (χ1n) is 6.61. The molecule has 1 rings (SSSR count). The third-order valence-corrected chi connectivity index (χ3v) is 3.13. The number of hydrogen-bond acceptors (Lipinski definition) is 3. The third kappa shape index (κ3) is 4.23. The molecular formula is C14H22F2N2O. The Kier molecular flexibility index (Phi) is 6.91. The van der Waals surface area contributed by atoms with E-state index in [1.54, 1.807) is 0 Å². The largest absolute Gasteiger partial charge is 0.380 e. The van der Waals surface area contributed by atoms with Crippen LogP contribution in [-0.2, 0) is 4.74 Å². The first kappa shape index (κ1) is 16.0. The van der Waals surface area contributed by atoms with Gasteiger partial charge in [0.1, 0.15) is 11.6 Å². The van der Waals surface area contributed by atoms with Crippen LogP contribution in [0.1, 0.15) is 25.5 Å². The molecule has 1 atom stereocenters. The molecule has 1 aromatic carbocycles. The highest BCUT2D eigenvalue weighted by Crippen LogP contribution is 2.25. The van der Waals surface area contributed by atoms with Crippen molar-refractivity contribution in [2.45, 2.75) is 19.9 Å². The van der Waals surface area contributed by atoms with E-state index in [9.17, 15) is 8.78 Å². The molecule has 5 heteroatoms. The minimum absolute atomic E-state index is 0.0448. The molecule has 0 saturated heterocycles. The predicted molar refractivity (Wildman–Crippen MR) is 71.9 cm³/mol. The second kappa shape index (κ2) is 8.19. The smallest absolute Gasteiger partial charge is 0.130 e. The Bertz CT molecular complexity index is 367. The summed E-state index contributed by atoms with van der Waals surface area (Å²) in [5, 5.41) is 0. The van der Waals surface area contributed by atoms with Gasteiger partial charge < -0.3 is 10.5 Å². The molecule has 0 bridgehead atoms. The lowest BCUT2D eigenvalue weighted by Gasteiger charge is -2.30. The summed E-state index contributed by atoms with van der Waals surface area (Å²) >= 11 is 0. The number of nitrogens with zero attached hydrogens (tertiary/aromatic N) is 1.